The van der Waals surface area contributed by atoms with Crippen LogP contribution in [-0.2, 0) is 17.8 Å². The van der Waals surface area contributed by atoms with Crippen LogP contribution in [0.3, 0.4) is 0 Å². The van der Waals surface area contributed by atoms with Crippen molar-refractivity contribution in [2.75, 3.05) is 13.7 Å². The van der Waals surface area contributed by atoms with E-state index in [1.54, 1.807) is 7.11 Å². The molecule has 1 saturated heterocycles. The summed E-state index contributed by atoms with van der Waals surface area (Å²) >= 11 is -0.995. The van der Waals surface area contributed by atoms with Gasteiger partial charge in [-0.15, -0.1) is 4.31 Å². The summed E-state index contributed by atoms with van der Waals surface area (Å²) in [6.07, 6.45) is 1.82. The van der Waals surface area contributed by atoms with E-state index in [0.717, 1.165) is 25.1 Å². The normalized spacial score (nSPS) is 21.6. The Hall–Kier alpha value is -0.970. The third-order valence-corrected chi connectivity index (χ3v) is 5.58. The van der Waals surface area contributed by atoms with Crippen LogP contribution in [0.25, 0.3) is 0 Å². The van der Waals surface area contributed by atoms with Gasteiger partial charge in [-0.1, -0.05) is 24.3 Å². The van der Waals surface area contributed by atoms with Crippen LogP contribution in [0.2, 0.25) is 0 Å². The van der Waals surface area contributed by atoms with Crippen LogP contribution < -0.4 is 4.74 Å². The second-order valence-corrected chi connectivity index (χ2v) is 8.79. The smallest absolute Gasteiger partial charge is 0.137 e. The van der Waals surface area contributed by atoms with Crippen molar-refractivity contribution in [3.05, 3.63) is 42.0 Å². The molecule has 2 rings (SSSR count). The van der Waals surface area contributed by atoms with Crippen LogP contribution in [0.1, 0.15) is 32.8 Å². The molecule has 0 N–H and O–H groups in total. The second kappa shape index (κ2) is 6.42. The molecule has 4 heteroatoms. The van der Waals surface area contributed by atoms with Crippen LogP contribution in [0.5, 0.6) is 5.75 Å². The number of methoxy groups -OCH3 is 1. The van der Waals surface area contributed by atoms with Gasteiger partial charge in [-0.3, -0.25) is 0 Å². The molecule has 3 nitrogen and oxygen atoms in total. The molecule has 1 aliphatic heterocycles. The number of hydrogen-bond acceptors (Lipinski definition) is 3. The molecule has 1 fully saturated rings. The Bertz CT molecular complexity index is 493. The van der Waals surface area contributed by atoms with Gasteiger partial charge in [-0.2, -0.15) is 0 Å². The quantitative estimate of drug-likeness (QED) is 0.632. The largest absolute Gasteiger partial charge is 0.597 e. The van der Waals surface area contributed by atoms with E-state index in [0.29, 0.717) is 0 Å². The number of nitrogens with zero attached hydrogens (tertiary/aromatic N) is 1. The van der Waals surface area contributed by atoms with Crippen molar-refractivity contribution in [2.45, 2.75) is 44.4 Å². The van der Waals surface area contributed by atoms with Crippen LogP contribution in [0, 0.1) is 0 Å². The molecular weight excluding hydrogens is 282 g/mol. The molecule has 0 bridgehead atoms. The van der Waals surface area contributed by atoms with E-state index < -0.39 is 11.4 Å². The maximum atomic E-state index is 12.7. The SMILES string of the molecule is C=C1CC(Cc2ccc(OC)cc2)N([S+]([O-])C(C)(C)C)C1. The fourth-order valence-corrected chi connectivity index (χ4v) is 4.03. The molecule has 0 amide bonds. The molecule has 0 aromatic heterocycles. The summed E-state index contributed by atoms with van der Waals surface area (Å²) in [5, 5.41) is 0. The van der Waals surface area contributed by atoms with Crippen molar-refractivity contribution >= 4 is 11.4 Å². The van der Waals surface area contributed by atoms with Gasteiger partial charge < -0.3 is 9.29 Å². The molecule has 2 atom stereocenters. The van der Waals surface area contributed by atoms with Crippen LogP contribution in [-0.4, -0.2) is 33.3 Å². The highest BCUT2D eigenvalue weighted by Crippen LogP contribution is 2.32. The molecular formula is C17H25NO2S. The zero-order chi connectivity index (χ0) is 15.6. The number of benzene rings is 1. The number of hydrogen-bond donors (Lipinski definition) is 0. The molecule has 0 radical (unpaired) electrons. The second-order valence-electron chi connectivity index (χ2n) is 6.60. The first-order valence-electron chi connectivity index (χ1n) is 7.29. The Balaban J connectivity index is 2.10. The Kier molecular flexibility index (Phi) is 5.02. The summed E-state index contributed by atoms with van der Waals surface area (Å²) in [6, 6.07) is 8.39. The summed E-state index contributed by atoms with van der Waals surface area (Å²) in [5.74, 6) is 0.865. The van der Waals surface area contributed by atoms with Crippen LogP contribution in [0.15, 0.2) is 36.4 Å². The minimum atomic E-state index is -0.995. The molecule has 1 heterocycles. The Morgan fingerprint density at radius 3 is 2.48 bits per heavy atom. The van der Waals surface area contributed by atoms with E-state index in [1.807, 2.05) is 32.9 Å². The average molecular weight is 307 g/mol. The van der Waals surface area contributed by atoms with Gasteiger partial charge in [0, 0.05) is 11.4 Å². The predicted molar refractivity (Wildman–Crippen MR) is 88.8 cm³/mol. The van der Waals surface area contributed by atoms with Gasteiger partial charge in [-0.25, -0.2) is 0 Å². The molecule has 2 unspecified atom stereocenters. The van der Waals surface area contributed by atoms with E-state index in [2.05, 4.69) is 23.0 Å². The molecule has 1 aliphatic rings. The predicted octanol–water partition coefficient (Wildman–Crippen LogP) is 3.33. The monoisotopic (exact) mass is 307 g/mol. The minimum Gasteiger partial charge on any atom is -0.597 e. The van der Waals surface area contributed by atoms with Gasteiger partial charge in [0.05, 0.1) is 19.7 Å². The highest BCUT2D eigenvalue weighted by molar-refractivity contribution is 7.90. The third-order valence-electron chi connectivity index (χ3n) is 3.68. The summed E-state index contributed by atoms with van der Waals surface area (Å²) < 4.78 is 19.7. The molecule has 1 aromatic carbocycles. The van der Waals surface area contributed by atoms with Crippen molar-refractivity contribution in [1.29, 1.82) is 0 Å². The van der Waals surface area contributed by atoms with Gasteiger partial charge in [0.25, 0.3) is 0 Å². The molecule has 21 heavy (non-hydrogen) atoms. The first-order valence-corrected chi connectivity index (χ1v) is 8.40. The minimum absolute atomic E-state index is 0.233. The molecule has 0 saturated carbocycles. The lowest BCUT2D eigenvalue weighted by Gasteiger charge is -2.33. The van der Waals surface area contributed by atoms with Crippen molar-refractivity contribution in [3.63, 3.8) is 0 Å². The van der Waals surface area contributed by atoms with Gasteiger partial charge >= 0.3 is 0 Å². The van der Waals surface area contributed by atoms with Crippen LogP contribution >= 0.6 is 0 Å². The average Bonchev–Trinajstić information content (AvgIpc) is 2.78. The summed E-state index contributed by atoms with van der Waals surface area (Å²) in [6.45, 7) is 10.9. The van der Waals surface area contributed by atoms with Crippen molar-refractivity contribution < 1.29 is 9.29 Å². The maximum absolute atomic E-state index is 12.7. The van der Waals surface area contributed by atoms with Gasteiger partial charge in [-0.05, 0) is 51.3 Å². The van der Waals surface area contributed by atoms with Gasteiger partial charge in [0.2, 0.25) is 0 Å². The Morgan fingerprint density at radius 2 is 1.95 bits per heavy atom. The zero-order valence-electron chi connectivity index (χ0n) is 13.4. The first-order chi connectivity index (χ1) is 9.81. The van der Waals surface area contributed by atoms with E-state index >= 15 is 0 Å². The summed E-state index contributed by atoms with van der Waals surface area (Å²) in [5.41, 5.74) is 2.41. The lowest BCUT2D eigenvalue weighted by Crippen LogP contribution is -2.46. The summed E-state index contributed by atoms with van der Waals surface area (Å²) in [7, 11) is 1.67. The van der Waals surface area contributed by atoms with Crippen molar-refractivity contribution in [1.82, 2.24) is 4.31 Å². The van der Waals surface area contributed by atoms with E-state index in [1.165, 1.54) is 11.1 Å². The number of rotatable bonds is 4. The number of ether oxygens (including phenoxy) is 1. The molecule has 1 aromatic rings. The van der Waals surface area contributed by atoms with E-state index in [4.69, 9.17) is 4.74 Å². The van der Waals surface area contributed by atoms with Crippen molar-refractivity contribution in [2.24, 2.45) is 0 Å². The highest BCUT2D eigenvalue weighted by atomic mass is 32.2. The Morgan fingerprint density at radius 1 is 1.33 bits per heavy atom. The molecule has 0 spiro atoms. The lowest BCUT2D eigenvalue weighted by atomic mass is 10.0. The summed E-state index contributed by atoms with van der Waals surface area (Å²) in [4.78, 5) is 0. The van der Waals surface area contributed by atoms with Crippen molar-refractivity contribution in [3.8, 4) is 5.75 Å². The maximum Gasteiger partial charge on any atom is 0.137 e. The fraction of sp³-hybridized carbons (Fsp3) is 0.529. The van der Waals surface area contributed by atoms with Gasteiger partial charge in [0.1, 0.15) is 10.5 Å². The third kappa shape index (κ3) is 4.02. The fourth-order valence-electron chi connectivity index (χ4n) is 2.60. The zero-order valence-corrected chi connectivity index (χ0v) is 14.2. The Labute approximate surface area is 131 Å². The molecule has 0 aliphatic carbocycles. The topological polar surface area (TPSA) is 35.5 Å². The van der Waals surface area contributed by atoms with E-state index in [9.17, 15) is 4.55 Å². The first kappa shape index (κ1) is 16.4. The van der Waals surface area contributed by atoms with E-state index in [-0.39, 0.29) is 10.8 Å². The standard InChI is InChI=1S/C17H25NO2S/c1-13-10-15(18(12-13)21(19)17(2,3)4)11-14-6-8-16(20-5)9-7-14/h6-9,15H,1,10-12H2,2-5H3. The lowest BCUT2D eigenvalue weighted by molar-refractivity contribution is 0.371. The van der Waals surface area contributed by atoms with Crippen LogP contribution in [0.4, 0.5) is 0 Å². The van der Waals surface area contributed by atoms with Gasteiger partial charge in [0.15, 0.2) is 0 Å². The molecule has 116 valence electrons. The highest BCUT2D eigenvalue weighted by Gasteiger charge is 2.41.